The molecule has 5 aromatic rings. The van der Waals surface area contributed by atoms with Gasteiger partial charge in [0.2, 0.25) is 11.7 Å². The van der Waals surface area contributed by atoms with Gasteiger partial charge in [-0.2, -0.15) is 4.98 Å². The van der Waals surface area contributed by atoms with E-state index in [-0.39, 0.29) is 0 Å². The molecule has 2 N–H and O–H groups in total. The van der Waals surface area contributed by atoms with Crippen LogP contribution in [0.25, 0.3) is 27.8 Å². The Balaban J connectivity index is 1.60. The zero-order chi connectivity index (χ0) is 21.4. The number of aromatic amines is 1. The molecule has 0 fully saturated rings. The molecule has 0 radical (unpaired) electrons. The van der Waals surface area contributed by atoms with Crippen LogP contribution in [0.4, 0.5) is 11.6 Å². The topological polar surface area (TPSA) is 98.6 Å². The van der Waals surface area contributed by atoms with Crippen molar-refractivity contribution in [1.82, 2.24) is 24.6 Å². The molecule has 0 saturated carbocycles. The number of H-pyrrole nitrogens is 1. The van der Waals surface area contributed by atoms with E-state index in [1.807, 2.05) is 42.6 Å². The highest BCUT2D eigenvalue weighted by Gasteiger charge is 2.17. The number of ether oxygens (including phenoxy) is 3. The summed E-state index contributed by atoms with van der Waals surface area (Å²) in [4.78, 5) is 12.1. The highest BCUT2D eigenvalue weighted by atomic mass is 16.5. The van der Waals surface area contributed by atoms with Crippen molar-refractivity contribution in [2.75, 3.05) is 26.6 Å². The van der Waals surface area contributed by atoms with Gasteiger partial charge in [0.15, 0.2) is 17.1 Å². The summed E-state index contributed by atoms with van der Waals surface area (Å²) in [7, 11) is 4.74. The van der Waals surface area contributed by atoms with Crippen molar-refractivity contribution in [1.29, 1.82) is 0 Å². The maximum Gasteiger partial charge on any atom is 0.247 e. The monoisotopic (exact) mass is 416 g/mol. The molecule has 31 heavy (non-hydrogen) atoms. The highest BCUT2D eigenvalue weighted by Crippen LogP contribution is 2.41. The first-order valence-corrected chi connectivity index (χ1v) is 9.56. The second-order valence-corrected chi connectivity index (χ2v) is 6.78. The Kier molecular flexibility index (Phi) is 4.55. The van der Waals surface area contributed by atoms with Crippen molar-refractivity contribution >= 4 is 28.2 Å². The minimum Gasteiger partial charge on any atom is -0.493 e. The molecule has 9 nitrogen and oxygen atoms in total. The summed E-state index contributed by atoms with van der Waals surface area (Å²) in [5.74, 6) is 2.09. The van der Waals surface area contributed by atoms with E-state index in [1.54, 1.807) is 38.2 Å². The van der Waals surface area contributed by atoms with Gasteiger partial charge in [-0.3, -0.25) is 4.98 Å². The van der Waals surface area contributed by atoms with Gasteiger partial charge in [-0.25, -0.2) is 4.52 Å². The Morgan fingerprint density at radius 3 is 2.52 bits per heavy atom. The van der Waals surface area contributed by atoms with Gasteiger partial charge < -0.3 is 24.5 Å². The number of hydrogen-bond donors (Lipinski definition) is 2. The fourth-order valence-corrected chi connectivity index (χ4v) is 3.61. The Labute approximate surface area is 177 Å². The molecule has 3 aromatic heterocycles. The zero-order valence-electron chi connectivity index (χ0n) is 17.2. The Bertz CT molecular complexity index is 1370. The normalized spacial score (nSPS) is 11.1. The van der Waals surface area contributed by atoms with Crippen molar-refractivity contribution in [2.24, 2.45) is 0 Å². The third kappa shape index (κ3) is 3.16. The molecular weight excluding hydrogens is 396 g/mol. The lowest BCUT2D eigenvalue weighted by molar-refractivity contribution is 0.324. The molecule has 0 spiro atoms. The number of hydrogen-bond acceptors (Lipinski definition) is 7. The van der Waals surface area contributed by atoms with Crippen LogP contribution in [0.1, 0.15) is 0 Å². The van der Waals surface area contributed by atoms with Crippen LogP contribution in [0.5, 0.6) is 17.2 Å². The van der Waals surface area contributed by atoms with Crippen molar-refractivity contribution < 1.29 is 14.2 Å². The van der Waals surface area contributed by atoms with E-state index in [4.69, 9.17) is 14.2 Å². The summed E-state index contributed by atoms with van der Waals surface area (Å²) in [5.41, 5.74) is 4.09. The van der Waals surface area contributed by atoms with Crippen LogP contribution in [0.2, 0.25) is 0 Å². The summed E-state index contributed by atoms with van der Waals surface area (Å²) in [6.45, 7) is 0. The van der Waals surface area contributed by atoms with Crippen LogP contribution in [0.15, 0.2) is 55.0 Å². The molecular formula is C22H20N6O3. The SMILES string of the molecule is COc1cc(-c2cncc3nc(Nc4cccc5[nH]ccc45)nn23)cc(OC)c1OC. The van der Waals surface area contributed by atoms with Gasteiger partial charge in [-0.05, 0) is 30.3 Å². The number of benzene rings is 2. The smallest absolute Gasteiger partial charge is 0.247 e. The molecule has 0 aliphatic rings. The third-order valence-electron chi connectivity index (χ3n) is 5.05. The fraction of sp³-hybridized carbons (Fsp3) is 0.136. The van der Waals surface area contributed by atoms with Crippen LogP contribution < -0.4 is 19.5 Å². The first kappa shape index (κ1) is 18.7. The Morgan fingerprint density at radius 1 is 0.968 bits per heavy atom. The molecule has 0 bridgehead atoms. The van der Waals surface area contributed by atoms with Gasteiger partial charge in [-0.1, -0.05) is 6.07 Å². The second kappa shape index (κ2) is 7.52. The van der Waals surface area contributed by atoms with Crippen LogP contribution in [0.3, 0.4) is 0 Å². The lowest BCUT2D eigenvalue weighted by atomic mass is 10.1. The summed E-state index contributed by atoms with van der Waals surface area (Å²) >= 11 is 0. The van der Waals surface area contributed by atoms with Gasteiger partial charge in [0, 0.05) is 22.7 Å². The summed E-state index contributed by atoms with van der Waals surface area (Å²) < 4.78 is 18.1. The van der Waals surface area contributed by atoms with Crippen molar-refractivity contribution in [2.45, 2.75) is 0 Å². The van der Waals surface area contributed by atoms with Crippen molar-refractivity contribution in [3.05, 3.63) is 55.0 Å². The maximum absolute atomic E-state index is 5.48. The van der Waals surface area contributed by atoms with Crippen LogP contribution in [-0.4, -0.2) is 45.9 Å². The molecule has 0 atom stereocenters. The quantitative estimate of drug-likeness (QED) is 0.431. The largest absolute Gasteiger partial charge is 0.493 e. The first-order valence-electron chi connectivity index (χ1n) is 9.56. The van der Waals surface area contributed by atoms with E-state index in [1.165, 1.54) is 0 Å². The van der Waals surface area contributed by atoms with E-state index in [0.717, 1.165) is 27.8 Å². The van der Waals surface area contributed by atoms with Gasteiger partial charge in [0.25, 0.3) is 0 Å². The lowest BCUT2D eigenvalue weighted by Gasteiger charge is -2.14. The average Bonchev–Trinajstić information content (AvgIpc) is 3.44. The van der Waals surface area contributed by atoms with E-state index in [9.17, 15) is 0 Å². The number of anilines is 2. The molecule has 2 aromatic carbocycles. The molecule has 5 rings (SSSR count). The zero-order valence-corrected chi connectivity index (χ0v) is 17.2. The predicted octanol–water partition coefficient (Wildman–Crippen LogP) is 4.04. The maximum atomic E-state index is 5.48. The minimum absolute atomic E-state index is 0.468. The Morgan fingerprint density at radius 2 is 1.77 bits per heavy atom. The van der Waals surface area contributed by atoms with Crippen molar-refractivity contribution in [3.63, 3.8) is 0 Å². The number of aromatic nitrogens is 5. The predicted molar refractivity (Wildman–Crippen MR) is 117 cm³/mol. The lowest BCUT2D eigenvalue weighted by Crippen LogP contribution is -1.99. The number of fused-ring (bicyclic) bond motifs is 2. The standard InChI is InChI=1S/C22H20N6O3/c1-29-18-9-13(10-19(30-2)21(18)31-3)17-11-23-12-20-26-22(27-28(17)20)25-16-6-4-5-15-14(16)7-8-24-15/h4-12,24H,1-3H3,(H,25,27). The molecule has 0 aliphatic carbocycles. The van der Waals surface area contributed by atoms with Gasteiger partial charge in [-0.15, -0.1) is 5.10 Å². The number of nitrogens with one attached hydrogen (secondary N) is 2. The molecule has 0 amide bonds. The van der Waals surface area contributed by atoms with Gasteiger partial charge >= 0.3 is 0 Å². The fourth-order valence-electron chi connectivity index (χ4n) is 3.61. The first-order chi connectivity index (χ1) is 15.2. The molecule has 0 unspecified atom stereocenters. The second-order valence-electron chi connectivity index (χ2n) is 6.78. The molecule has 0 aliphatic heterocycles. The van der Waals surface area contributed by atoms with Gasteiger partial charge in [0.05, 0.1) is 45.1 Å². The number of methoxy groups -OCH3 is 3. The third-order valence-corrected chi connectivity index (χ3v) is 5.05. The molecule has 156 valence electrons. The Hall–Kier alpha value is -4.27. The summed E-state index contributed by atoms with van der Waals surface area (Å²) in [6.07, 6.45) is 5.29. The van der Waals surface area contributed by atoms with E-state index in [0.29, 0.717) is 28.8 Å². The van der Waals surface area contributed by atoms with E-state index < -0.39 is 0 Å². The van der Waals surface area contributed by atoms with Crippen LogP contribution in [0, 0.1) is 0 Å². The van der Waals surface area contributed by atoms with Crippen LogP contribution in [-0.2, 0) is 0 Å². The van der Waals surface area contributed by atoms with Gasteiger partial charge in [0.1, 0.15) is 0 Å². The molecule has 3 heterocycles. The number of rotatable bonds is 6. The molecule has 9 heteroatoms. The van der Waals surface area contributed by atoms with E-state index in [2.05, 4.69) is 25.4 Å². The summed E-state index contributed by atoms with van der Waals surface area (Å²) in [6, 6.07) is 11.7. The van der Waals surface area contributed by atoms with Crippen LogP contribution >= 0.6 is 0 Å². The summed E-state index contributed by atoms with van der Waals surface area (Å²) in [5, 5.41) is 9.02. The molecule has 0 saturated heterocycles. The minimum atomic E-state index is 0.468. The van der Waals surface area contributed by atoms with E-state index >= 15 is 0 Å². The van der Waals surface area contributed by atoms with Crippen molar-refractivity contribution in [3.8, 4) is 28.5 Å². The highest BCUT2D eigenvalue weighted by molar-refractivity contribution is 5.93. The average molecular weight is 416 g/mol. The number of nitrogens with zero attached hydrogens (tertiary/aromatic N) is 4.